The zero-order valence-corrected chi connectivity index (χ0v) is 19.2. The van der Waals surface area contributed by atoms with Crippen LogP contribution in [0.4, 0.5) is 0 Å². The standard InChI is InChI=1S/C27H41NO2/c1-3-5-7-9-11-13-20-29-25-17-18-27(30-21-14-12-10-8-6-4-2)26(22-25)24-16-15-19-28-23-24/h15-19,22-23H,3-14,20-21H2,1-2H3. The SMILES string of the molecule is CCCCCCCCOc1ccc(OCCCCCCCC)c(-c2cccnc2)c1. The molecule has 0 saturated carbocycles. The second kappa shape index (κ2) is 15.8. The summed E-state index contributed by atoms with van der Waals surface area (Å²) in [5, 5.41) is 0. The molecule has 1 aromatic carbocycles. The molecule has 0 aliphatic carbocycles. The Morgan fingerprint density at radius 1 is 0.700 bits per heavy atom. The van der Waals surface area contributed by atoms with Gasteiger partial charge < -0.3 is 9.47 Å². The van der Waals surface area contributed by atoms with E-state index in [0.29, 0.717) is 0 Å². The molecule has 0 fully saturated rings. The number of hydrogen-bond acceptors (Lipinski definition) is 3. The van der Waals surface area contributed by atoms with Crippen LogP contribution < -0.4 is 9.47 Å². The van der Waals surface area contributed by atoms with Gasteiger partial charge in [0.05, 0.1) is 13.2 Å². The van der Waals surface area contributed by atoms with E-state index in [1.54, 1.807) is 6.20 Å². The van der Waals surface area contributed by atoms with E-state index in [-0.39, 0.29) is 0 Å². The minimum atomic E-state index is 0.761. The van der Waals surface area contributed by atoms with Gasteiger partial charge in [-0.2, -0.15) is 0 Å². The predicted molar refractivity (Wildman–Crippen MR) is 127 cm³/mol. The summed E-state index contributed by atoms with van der Waals surface area (Å²) in [6.45, 7) is 6.04. The first-order valence-corrected chi connectivity index (χ1v) is 12.1. The third-order valence-electron chi connectivity index (χ3n) is 5.45. The fraction of sp³-hybridized carbons (Fsp3) is 0.593. The number of nitrogens with zero attached hydrogens (tertiary/aromatic N) is 1. The molecule has 0 spiro atoms. The van der Waals surface area contributed by atoms with E-state index in [0.717, 1.165) is 48.7 Å². The molecule has 3 nitrogen and oxygen atoms in total. The second-order valence-corrected chi connectivity index (χ2v) is 8.13. The van der Waals surface area contributed by atoms with Crippen molar-refractivity contribution in [1.82, 2.24) is 4.98 Å². The van der Waals surface area contributed by atoms with E-state index < -0.39 is 0 Å². The molecule has 1 heterocycles. The third kappa shape index (κ3) is 9.65. The molecular formula is C27H41NO2. The molecule has 0 unspecified atom stereocenters. The van der Waals surface area contributed by atoms with Gasteiger partial charge in [-0.15, -0.1) is 0 Å². The maximum atomic E-state index is 6.15. The molecule has 0 atom stereocenters. The Balaban J connectivity index is 1.87. The Hall–Kier alpha value is -2.03. The van der Waals surface area contributed by atoms with Crippen LogP contribution in [0.3, 0.4) is 0 Å². The zero-order chi connectivity index (χ0) is 21.3. The van der Waals surface area contributed by atoms with Crippen molar-refractivity contribution in [2.75, 3.05) is 13.2 Å². The predicted octanol–water partition coefficient (Wildman–Crippen LogP) is 8.23. The quantitative estimate of drug-likeness (QED) is 0.246. The monoisotopic (exact) mass is 411 g/mol. The summed E-state index contributed by atoms with van der Waals surface area (Å²) in [7, 11) is 0. The van der Waals surface area contributed by atoms with Crippen LogP contribution in [0.15, 0.2) is 42.7 Å². The molecule has 0 saturated heterocycles. The summed E-state index contributed by atoms with van der Waals surface area (Å²) >= 11 is 0. The van der Waals surface area contributed by atoms with E-state index in [1.807, 2.05) is 18.3 Å². The van der Waals surface area contributed by atoms with Crippen LogP contribution in [-0.2, 0) is 0 Å². The Bertz CT molecular complexity index is 672. The molecule has 0 radical (unpaired) electrons. The van der Waals surface area contributed by atoms with Gasteiger partial charge in [0.2, 0.25) is 0 Å². The van der Waals surface area contributed by atoms with Gasteiger partial charge in [0.1, 0.15) is 11.5 Å². The van der Waals surface area contributed by atoms with E-state index in [9.17, 15) is 0 Å². The number of unbranched alkanes of at least 4 members (excludes halogenated alkanes) is 10. The number of aromatic nitrogens is 1. The highest BCUT2D eigenvalue weighted by molar-refractivity contribution is 5.71. The summed E-state index contributed by atoms with van der Waals surface area (Å²) in [4.78, 5) is 4.28. The Morgan fingerprint density at radius 3 is 1.97 bits per heavy atom. The minimum absolute atomic E-state index is 0.761. The average molecular weight is 412 g/mol. The molecule has 0 amide bonds. The molecule has 2 rings (SSSR count). The largest absolute Gasteiger partial charge is 0.494 e. The number of ether oxygens (including phenoxy) is 2. The lowest BCUT2D eigenvalue weighted by Crippen LogP contribution is -2.01. The van der Waals surface area contributed by atoms with E-state index in [1.165, 1.54) is 64.2 Å². The van der Waals surface area contributed by atoms with Gasteiger partial charge in [-0.3, -0.25) is 4.98 Å². The third-order valence-corrected chi connectivity index (χ3v) is 5.45. The van der Waals surface area contributed by atoms with Crippen LogP contribution in [0.2, 0.25) is 0 Å². The maximum absolute atomic E-state index is 6.15. The van der Waals surface area contributed by atoms with Gasteiger partial charge in [0.15, 0.2) is 0 Å². The smallest absolute Gasteiger partial charge is 0.127 e. The number of pyridine rings is 1. The number of rotatable bonds is 17. The van der Waals surface area contributed by atoms with Gasteiger partial charge in [-0.25, -0.2) is 0 Å². The first-order chi connectivity index (χ1) is 14.8. The molecule has 1 aromatic heterocycles. The Morgan fingerprint density at radius 2 is 1.33 bits per heavy atom. The van der Waals surface area contributed by atoms with Crippen molar-refractivity contribution >= 4 is 0 Å². The fourth-order valence-corrected chi connectivity index (χ4v) is 3.61. The summed E-state index contributed by atoms with van der Waals surface area (Å²) in [5.74, 6) is 1.83. The molecular weight excluding hydrogens is 370 g/mol. The summed E-state index contributed by atoms with van der Waals surface area (Å²) in [5.41, 5.74) is 2.13. The van der Waals surface area contributed by atoms with Gasteiger partial charge in [0, 0.05) is 23.5 Å². The Kier molecular flexibility index (Phi) is 12.7. The second-order valence-electron chi connectivity index (χ2n) is 8.13. The molecule has 2 aromatic rings. The van der Waals surface area contributed by atoms with Gasteiger partial charge in [0.25, 0.3) is 0 Å². The van der Waals surface area contributed by atoms with Crippen molar-refractivity contribution in [2.45, 2.75) is 90.9 Å². The van der Waals surface area contributed by atoms with Gasteiger partial charge >= 0.3 is 0 Å². The van der Waals surface area contributed by atoms with Crippen molar-refractivity contribution in [3.05, 3.63) is 42.7 Å². The van der Waals surface area contributed by atoms with Crippen LogP contribution in [0.5, 0.6) is 11.5 Å². The highest BCUT2D eigenvalue weighted by Crippen LogP contribution is 2.33. The summed E-state index contributed by atoms with van der Waals surface area (Å²) in [6, 6.07) is 10.2. The van der Waals surface area contributed by atoms with Crippen LogP contribution in [0, 0.1) is 0 Å². The number of hydrogen-bond donors (Lipinski definition) is 0. The van der Waals surface area contributed by atoms with E-state index in [4.69, 9.17) is 9.47 Å². The van der Waals surface area contributed by atoms with Crippen molar-refractivity contribution in [3.63, 3.8) is 0 Å². The molecule has 0 aliphatic heterocycles. The average Bonchev–Trinajstić information content (AvgIpc) is 2.79. The first-order valence-electron chi connectivity index (χ1n) is 12.1. The lowest BCUT2D eigenvalue weighted by atomic mass is 10.1. The topological polar surface area (TPSA) is 31.4 Å². The highest BCUT2D eigenvalue weighted by Gasteiger charge is 2.09. The molecule has 0 N–H and O–H groups in total. The van der Waals surface area contributed by atoms with Crippen molar-refractivity contribution in [2.24, 2.45) is 0 Å². The Labute approximate surface area is 184 Å². The van der Waals surface area contributed by atoms with Crippen LogP contribution in [-0.4, -0.2) is 18.2 Å². The molecule has 3 heteroatoms. The minimum Gasteiger partial charge on any atom is -0.494 e. The van der Waals surface area contributed by atoms with Crippen molar-refractivity contribution in [3.8, 4) is 22.6 Å². The lowest BCUT2D eigenvalue weighted by Gasteiger charge is -2.14. The molecule has 0 aliphatic rings. The van der Waals surface area contributed by atoms with Crippen LogP contribution in [0.25, 0.3) is 11.1 Å². The van der Waals surface area contributed by atoms with Crippen LogP contribution >= 0.6 is 0 Å². The highest BCUT2D eigenvalue weighted by atomic mass is 16.5. The lowest BCUT2D eigenvalue weighted by molar-refractivity contribution is 0.297. The molecule has 0 bridgehead atoms. The maximum Gasteiger partial charge on any atom is 0.127 e. The first kappa shape index (κ1) is 24.2. The summed E-state index contributed by atoms with van der Waals surface area (Å²) in [6.07, 6.45) is 18.9. The van der Waals surface area contributed by atoms with E-state index >= 15 is 0 Å². The number of benzene rings is 1. The van der Waals surface area contributed by atoms with Crippen molar-refractivity contribution < 1.29 is 9.47 Å². The normalized spacial score (nSPS) is 10.9. The molecule has 30 heavy (non-hydrogen) atoms. The van der Waals surface area contributed by atoms with Crippen molar-refractivity contribution in [1.29, 1.82) is 0 Å². The summed E-state index contributed by atoms with van der Waals surface area (Å²) < 4.78 is 12.2. The van der Waals surface area contributed by atoms with Gasteiger partial charge in [-0.1, -0.05) is 84.1 Å². The molecule has 166 valence electrons. The van der Waals surface area contributed by atoms with E-state index in [2.05, 4.69) is 37.0 Å². The van der Waals surface area contributed by atoms with Crippen LogP contribution in [0.1, 0.15) is 90.9 Å². The van der Waals surface area contributed by atoms with Gasteiger partial charge in [-0.05, 0) is 37.1 Å². The fourth-order valence-electron chi connectivity index (χ4n) is 3.61. The zero-order valence-electron chi connectivity index (χ0n) is 19.2.